The average molecular weight is 263 g/mol. The summed E-state index contributed by atoms with van der Waals surface area (Å²) in [6.45, 7) is 8.62. The van der Waals surface area contributed by atoms with Crippen LogP contribution in [-0.2, 0) is 16.0 Å². The molecule has 0 heterocycles. The van der Waals surface area contributed by atoms with Crippen LogP contribution in [0.2, 0.25) is 0 Å². The van der Waals surface area contributed by atoms with E-state index in [4.69, 9.17) is 10.5 Å². The summed E-state index contributed by atoms with van der Waals surface area (Å²) in [7, 11) is 0. The largest absolute Gasteiger partial charge is 0.466 e. The van der Waals surface area contributed by atoms with Crippen molar-refractivity contribution in [1.82, 2.24) is 0 Å². The van der Waals surface area contributed by atoms with Gasteiger partial charge in [0, 0.05) is 6.54 Å². The summed E-state index contributed by atoms with van der Waals surface area (Å²) in [5.74, 6) is -0.0499. The molecule has 0 fully saturated rings. The second-order valence-corrected chi connectivity index (χ2v) is 5.40. The van der Waals surface area contributed by atoms with Gasteiger partial charge < -0.3 is 10.5 Å². The van der Waals surface area contributed by atoms with Crippen molar-refractivity contribution in [3.63, 3.8) is 0 Å². The van der Waals surface area contributed by atoms with Crippen molar-refractivity contribution in [2.75, 3.05) is 13.2 Å². The van der Waals surface area contributed by atoms with Crippen LogP contribution in [0.1, 0.15) is 31.9 Å². The number of carbonyl (C=O) groups is 1. The smallest absolute Gasteiger partial charge is 0.313 e. The summed E-state index contributed by atoms with van der Waals surface area (Å²) < 4.78 is 5.24. The lowest BCUT2D eigenvalue weighted by atomic mass is 9.72. The van der Waals surface area contributed by atoms with E-state index in [-0.39, 0.29) is 11.9 Å². The molecule has 0 spiro atoms. The van der Waals surface area contributed by atoms with Gasteiger partial charge in [-0.15, -0.1) is 0 Å². The first-order valence-corrected chi connectivity index (χ1v) is 6.89. The summed E-state index contributed by atoms with van der Waals surface area (Å²) in [5, 5.41) is 0. The van der Waals surface area contributed by atoms with Gasteiger partial charge in [-0.2, -0.15) is 0 Å². The van der Waals surface area contributed by atoms with Gasteiger partial charge in [0.25, 0.3) is 0 Å². The molecule has 0 aliphatic heterocycles. The molecule has 1 unspecified atom stereocenters. The highest BCUT2D eigenvalue weighted by Crippen LogP contribution is 2.32. The van der Waals surface area contributed by atoms with Crippen LogP contribution < -0.4 is 5.73 Å². The number of aryl methyl sites for hydroxylation is 1. The molecule has 0 bridgehead atoms. The molecule has 1 aromatic carbocycles. The van der Waals surface area contributed by atoms with Gasteiger partial charge in [0.2, 0.25) is 0 Å². The molecule has 3 heteroatoms. The van der Waals surface area contributed by atoms with E-state index in [0.29, 0.717) is 19.6 Å². The third-order valence-electron chi connectivity index (χ3n) is 3.75. The van der Waals surface area contributed by atoms with E-state index in [1.807, 2.05) is 45.9 Å². The third-order valence-corrected chi connectivity index (χ3v) is 3.75. The van der Waals surface area contributed by atoms with Crippen molar-refractivity contribution >= 4 is 5.97 Å². The van der Waals surface area contributed by atoms with Crippen LogP contribution in [-0.4, -0.2) is 19.1 Å². The molecule has 0 saturated heterocycles. The van der Waals surface area contributed by atoms with Crippen LogP contribution in [0, 0.1) is 18.3 Å². The van der Waals surface area contributed by atoms with Gasteiger partial charge in [0.15, 0.2) is 0 Å². The zero-order valence-electron chi connectivity index (χ0n) is 12.4. The fourth-order valence-electron chi connectivity index (χ4n) is 2.36. The minimum atomic E-state index is -0.635. The maximum absolute atomic E-state index is 12.3. The molecule has 0 radical (unpaired) electrons. The lowest BCUT2D eigenvalue weighted by Gasteiger charge is -2.34. The second kappa shape index (κ2) is 6.71. The van der Waals surface area contributed by atoms with Crippen LogP contribution in [0.15, 0.2) is 24.3 Å². The first kappa shape index (κ1) is 15.7. The molecule has 0 amide bonds. The van der Waals surface area contributed by atoms with Gasteiger partial charge in [-0.05, 0) is 31.7 Å². The molecule has 3 nitrogen and oxygen atoms in total. The molecular formula is C16H25NO2. The molecule has 1 rings (SSSR count). The normalized spacial score (nSPS) is 14.2. The Morgan fingerprint density at radius 3 is 2.58 bits per heavy atom. The number of rotatable bonds is 6. The maximum atomic E-state index is 12.3. The van der Waals surface area contributed by atoms with Crippen molar-refractivity contribution in [1.29, 1.82) is 0 Å². The van der Waals surface area contributed by atoms with E-state index in [2.05, 4.69) is 6.07 Å². The summed E-state index contributed by atoms with van der Waals surface area (Å²) in [5.41, 5.74) is 7.61. The van der Waals surface area contributed by atoms with Gasteiger partial charge in [0.05, 0.1) is 12.0 Å². The lowest BCUT2D eigenvalue weighted by Crippen LogP contribution is -2.46. The molecule has 0 saturated carbocycles. The Kier molecular flexibility index (Phi) is 5.55. The van der Waals surface area contributed by atoms with E-state index in [0.717, 1.165) is 5.56 Å². The minimum Gasteiger partial charge on any atom is -0.466 e. The van der Waals surface area contributed by atoms with Crippen molar-refractivity contribution in [2.24, 2.45) is 17.1 Å². The molecule has 1 atom stereocenters. The average Bonchev–Trinajstić information content (AvgIpc) is 2.36. The summed E-state index contributed by atoms with van der Waals surface area (Å²) in [6, 6.07) is 8.20. The summed E-state index contributed by atoms with van der Waals surface area (Å²) >= 11 is 0. The van der Waals surface area contributed by atoms with Gasteiger partial charge in [0.1, 0.15) is 0 Å². The first-order chi connectivity index (χ1) is 8.96. The SMILES string of the molecule is CCOC(=O)C(CN)(Cc1cccc(C)c1)C(C)C. The summed E-state index contributed by atoms with van der Waals surface area (Å²) in [4.78, 5) is 12.3. The number of benzene rings is 1. The number of esters is 1. The predicted molar refractivity (Wildman–Crippen MR) is 77.8 cm³/mol. The van der Waals surface area contributed by atoms with Gasteiger partial charge in [-0.3, -0.25) is 4.79 Å². The van der Waals surface area contributed by atoms with Crippen LogP contribution in [0.3, 0.4) is 0 Å². The highest BCUT2D eigenvalue weighted by atomic mass is 16.5. The Morgan fingerprint density at radius 2 is 2.11 bits per heavy atom. The van der Waals surface area contributed by atoms with Crippen molar-refractivity contribution < 1.29 is 9.53 Å². The third kappa shape index (κ3) is 3.57. The maximum Gasteiger partial charge on any atom is 0.313 e. The standard InChI is InChI=1S/C16H25NO2/c1-5-19-15(18)16(11-17,12(2)3)10-14-8-6-7-13(4)9-14/h6-9,12H,5,10-11,17H2,1-4H3. The van der Waals surface area contributed by atoms with Crippen LogP contribution in [0.5, 0.6) is 0 Å². The van der Waals surface area contributed by atoms with Crippen molar-refractivity contribution in [3.05, 3.63) is 35.4 Å². The van der Waals surface area contributed by atoms with Crippen LogP contribution in [0.4, 0.5) is 0 Å². The van der Waals surface area contributed by atoms with E-state index < -0.39 is 5.41 Å². The van der Waals surface area contributed by atoms with Crippen LogP contribution >= 0.6 is 0 Å². The highest BCUT2D eigenvalue weighted by molar-refractivity contribution is 5.78. The second-order valence-electron chi connectivity index (χ2n) is 5.40. The molecular weight excluding hydrogens is 238 g/mol. The highest BCUT2D eigenvalue weighted by Gasteiger charge is 2.41. The van der Waals surface area contributed by atoms with Crippen molar-refractivity contribution in [3.8, 4) is 0 Å². The molecule has 0 aromatic heterocycles. The first-order valence-electron chi connectivity index (χ1n) is 6.89. The molecule has 106 valence electrons. The van der Waals surface area contributed by atoms with Gasteiger partial charge in [-0.1, -0.05) is 43.7 Å². The number of nitrogens with two attached hydrogens (primary N) is 1. The Balaban J connectivity index is 3.07. The fourth-order valence-corrected chi connectivity index (χ4v) is 2.36. The van der Waals surface area contributed by atoms with E-state index in [1.54, 1.807) is 0 Å². The molecule has 0 aliphatic carbocycles. The Hall–Kier alpha value is -1.35. The number of hydrogen-bond acceptors (Lipinski definition) is 3. The molecule has 1 aromatic rings. The van der Waals surface area contributed by atoms with Gasteiger partial charge in [-0.25, -0.2) is 0 Å². The number of hydrogen-bond donors (Lipinski definition) is 1. The molecule has 19 heavy (non-hydrogen) atoms. The van der Waals surface area contributed by atoms with Crippen molar-refractivity contribution in [2.45, 2.75) is 34.1 Å². The number of carbonyl (C=O) groups excluding carboxylic acids is 1. The zero-order valence-corrected chi connectivity index (χ0v) is 12.4. The molecule has 0 aliphatic rings. The quantitative estimate of drug-likeness (QED) is 0.803. The van der Waals surface area contributed by atoms with E-state index >= 15 is 0 Å². The zero-order chi connectivity index (χ0) is 14.5. The minimum absolute atomic E-state index is 0.136. The monoisotopic (exact) mass is 263 g/mol. The van der Waals surface area contributed by atoms with Crippen LogP contribution in [0.25, 0.3) is 0 Å². The Morgan fingerprint density at radius 1 is 1.42 bits per heavy atom. The Labute approximate surface area is 116 Å². The van der Waals surface area contributed by atoms with Gasteiger partial charge >= 0.3 is 5.97 Å². The van der Waals surface area contributed by atoms with E-state index in [9.17, 15) is 4.79 Å². The fraction of sp³-hybridized carbons (Fsp3) is 0.562. The lowest BCUT2D eigenvalue weighted by molar-refractivity contribution is -0.157. The topological polar surface area (TPSA) is 52.3 Å². The predicted octanol–water partition coefficient (Wildman–Crippen LogP) is 2.70. The molecule has 2 N–H and O–H groups in total. The summed E-state index contributed by atoms with van der Waals surface area (Å²) in [6.07, 6.45) is 0.627. The van der Waals surface area contributed by atoms with E-state index in [1.165, 1.54) is 5.56 Å². The Bertz CT molecular complexity index is 429. The number of ether oxygens (including phenoxy) is 1.